The van der Waals surface area contributed by atoms with E-state index in [1.165, 1.54) is 0 Å². The summed E-state index contributed by atoms with van der Waals surface area (Å²) in [7, 11) is -5.89. The maximum atomic E-state index is 12.2. The van der Waals surface area contributed by atoms with Crippen molar-refractivity contribution in [3.63, 3.8) is 0 Å². The second kappa shape index (κ2) is 5.88. The number of hydrogen-bond acceptors (Lipinski definition) is 5. The number of halogens is 4. The minimum atomic E-state index is -5.89. The molecule has 0 spiro atoms. The van der Waals surface area contributed by atoms with Gasteiger partial charge in [0.1, 0.15) is 5.75 Å². The van der Waals surface area contributed by atoms with Crippen molar-refractivity contribution in [2.45, 2.75) is 12.4 Å². The van der Waals surface area contributed by atoms with E-state index in [1.54, 1.807) is 6.92 Å². The van der Waals surface area contributed by atoms with E-state index in [0.29, 0.717) is 0 Å². The topological polar surface area (TPSA) is 69.7 Å². The van der Waals surface area contributed by atoms with Crippen LogP contribution in [0, 0.1) is 0 Å². The van der Waals surface area contributed by atoms with Crippen LogP contribution in [0.15, 0.2) is 12.1 Å². The van der Waals surface area contributed by atoms with Crippen LogP contribution in [0.5, 0.6) is 11.5 Å². The van der Waals surface area contributed by atoms with Crippen molar-refractivity contribution in [2.24, 2.45) is 0 Å². The van der Waals surface area contributed by atoms with E-state index in [0.717, 1.165) is 12.1 Å². The number of carbonyl (C=O) groups excluding carboxylic acids is 1. The third-order valence-corrected chi connectivity index (χ3v) is 3.24. The van der Waals surface area contributed by atoms with E-state index >= 15 is 0 Å². The van der Waals surface area contributed by atoms with Crippen molar-refractivity contribution < 1.29 is 35.3 Å². The summed E-state index contributed by atoms with van der Waals surface area (Å²) in [5, 5.41) is -0.0642. The summed E-state index contributed by atoms with van der Waals surface area (Å²) >= 11 is 5.71. The highest BCUT2D eigenvalue weighted by Gasteiger charge is 2.48. The predicted octanol–water partition coefficient (Wildman–Crippen LogP) is 2.78. The number of hydrogen-bond donors (Lipinski definition) is 0. The molecule has 0 bridgehead atoms. The molecule has 0 saturated carbocycles. The van der Waals surface area contributed by atoms with E-state index in [-0.39, 0.29) is 23.7 Å². The molecular weight excluding hydrogens is 325 g/mol. The largest absolute Gasteiger partial charge is 0.534 e. The van der Waals surface area contributed by atoms with Gasteiger partial charge in [0.05, 0.1) is 17.2 Å². The van der Waals surface area contributed by atoms with Crippen molar-refractivity contribution in [3.05, 3.63) is 22.7 Å². The van der Waals surface area contributed by atoms with Gasteiger partial charge in [-0.3, -0.25) is 4.79 Å². The van der Waals surface area contributed by atoms with E-state index in [9.17, 15) is 26.4 Å². The fourth-order valence-electron chi connectivity index (χ4n) is 1.15. The van der Waals surface area contributed by atoms with E-state index in [4.69, 9.17) is 16.3 Å². The van der Waals surface area contributed by atoms with Gasteiger partial charge >= 0.3 is 15.6 Å². The highest BCUT2D eigenvalue weighted by molar-refractivity contribution is 7.88. The van der Waals surface area contributed by atoms with Crippen LogP contribution < -0.4 is 8.92 Å². The molecule has 1 rings (SSSR count). The molecule has 1 aromatic carbocycles. The Morgan fingerprint density at radius 3 is 2.35 bits per heavy atom. The summed E-state index contributed by atoms with van der Waals surface area (Å²) in [6.45, 7) is 1.71. The fraction of sp³-hybridized carbons (Fsp3) is 0.300. The van der Waals surface area contributed by atoms with Crippen LogP contribution in [-0.2, 0) is 10.1 Å². The van der Waals surface area contributed by atoms with Crippen molar-refractivity contribution >= 4 is 28.0 Å². The van der Waals surface area contributed by atoms with Gasteiger partial charge in [0.15, 0.2) is 12.0 Å². The normalized spacial score (nSPS) is 12.1. The zero-order valence-corrected chi connectivity index (χ0v) is 11.5. The van der Waals surface area contributed by atoms with Gasteiger partial charge in [0, 0.05) is 6.07 Å². The quantitative estimate of drug-likeness (QED) is 0.471. The van der Waals surface area contributed by atoms with Crippen LogP contribution in [0.4, 0.5) is 13.2 Å². The number of alkyl halides is 3. The SMILES string of the molecule is CCOc1cc(OS(=O)(=O)C(F)(F)F)c(C=O)cc1Cl. The molecule has 0 heterocycles. The van der Waals surface area contributed by atoms with Crippen LogP contribution >= 0.6 is 11.6 Å². The van der Waals surface area contributed by atoms with Gasteiger partial charge in [0.2, 0.25) is 0 Å². The summed E-state index contributed by atoms with van der Waals surface area (Å²) in [6.07, 6.45) is 0.114. The van der Waals surface area contributed by atoms with Gasteiger partial charge in [-0.1, -0.05) is 11.6 Å². The second-order valence-electron chi connectivity index (χ2n) is 3.35. The number of benzene rings is 1. The molecule has 0 unspecified atom stereocenters. The molecular formula is C10H8ClF3O5S. The first kappa shape index (κ1) is 16.6. The third-order valence-electron chi connectivity index (χ3n) is 1.97. The Hall–Kier alpha value is -1.48. The Kier molecular flexibility index (Phi) is 4.87. The molecule has 0 amide bonds. The van der Waals surface area contributed by atoms with E-state index in [1.807, 2.05) is 0 Å². The van der Waals surface area contributed by atoms with Crippen LogP contribution in [0.2, 0.25) is 5.02 Å². The zero-order chi connectivity index (χ0) is 15.6. The molecule has 0 N–H and O–H groups in total. The fourth-order valence-corrected chi connectivity index (χ4v) is 1.85. The van der Waals surface area contributed by atoms with Gasteiger partial charge in [0.25, 0.3) is 0 Å². The second-order valence-corrected chi connectivity index (χ2v) is 5.30. The van der Waals surface area contributed by atoms with Gasteiger partial charge in [-0.15, -0.1) is 0 Å². The van der Waals surface area contributed by atoms with E-state index in [2.05, 4.69) is 4.18 Å². The van der Waals surface area contributed by atoms with Gasteiger partial charge in [-0.05, 0) is 13.0 Å². The highest BCUT2D eigenvalue weighted by atomic mass is 35.5. The molecule has 0 aliphatic heterocycles. The molecule has 0 radical (unpaired) electrons. The number of aldehydes is 1. The minimum absolute atomic E-state index is 0.0642. The summed E-state index contributed by atoms with van der Waals surface area (Å²) in [5.74, 6) is -0.919. The molecule has 0 atom stereocenters. The van der Waals surface area contributed by atoms with Gasteiger partial charge in [-0.25, -0.2) is 0 Å². The smallest absolute Gasteiger partial charge is 0.492 e. The maximum Gasteiger partial charge on any atom is 0.534 e. The Bertz CT molecular complexity index is 612. The van der Waals surface area contributed by atoms with Crippen LogP contribution in [-0.4, -0.2) is 26.8 Å². The monoisotopic (exact) mass is 332 g/mol. The molecule has 0 saturated heterocycles. The third kappa shape index (κ3) is 3.54. The van der Waals surface area contributed by atoms with Crippen LogP contribution in [0.3, 0.4) is 0 Å². The van der Waals surface area contributed by atoms with Crippen molar-refractivity contribution in [1.82, 2.24) is 0 Å². The lowest BCUT2D eigenvalue weighted by Crippen LogP contribution is -2.28. The van der Waals surface area contributed by atoms with Crippen molar-refractivity contribution in [2.75, 3.05) is 6.61 Å². The Labute approximate surface area is 117 Å². The lowest BCUT2D eigenvalue weighted by atomic mass is 10.2. The Morgan fingerprint density at radius 1 is 1.30 bits per heavy atom. The molecule has 0 fully saturated rings. The average Bonchev–Trinajstić information content (AvgIpc) is 2.31. The molecule has 112 valence electrons. The molecule has 0 aliphatic rings. The van der Waals surface area contributed by atoms with Gasteiger partial charge < -0.3 is 8.92 Å². The van der Waals surface area contributed by atoms with Crippen LogP contribution in [0.25, 0.3) is 0 Å². The first-order valence-corrected chi connectivity index (χ1v) is 6.83. The standard InChI is InChI=1S/C10H8ClF3O5S/c1-2-18-9-4-8(6(5-15)3-7(9)11)19-20(16,17)10(12,13)14/h3-5H,2H2,1H3. The highest BCUT2D eigenvalue weighted by Crippen LogP contribution is 2.35. The maximum absolute atomic E-state index is 12.2. The Balaban J connectivity index is 3.30. The Morgan fingerprint density at radius 2 is 1.90 bits per heavy atom. The average molecular weight is 333 g/mol. The number of carbonyl (C=O) groups is 1. The van der Waals surface area contributed by atoms with Crippen LogP contribution in [0.1, 0.15) is 17.3 Å². The molecule has 0 aromatic heterocycles. The summed E-state index contributed by atoms with van der Waals surface area (Å²) in [6, 6.07) is 1.75. The lowest BCUT2D eigenvalue weighted by molar-refractivity contribution is -0.0500. The number of ether oxygens (including phenoxy) is 1. The summed E-state index contributed by atoms with van der Waals surface area (Å²) in [5.41, 5.74) is -6.07. The van der Waals surface area contributed by atoms with Crippen molar-refractivity contribution in [3.8, 4) is 11.5 Å². The van der Waals surface area contributed by atoms with Gasteiger partial charge in [-0.2, -0.15) is 21.6 Å². The number of rotatable bonds is 5. The first-order chi connectivity index (χ1) is 9.12. The zero-order valence-electron chi connectivity index (χ0n) is 9.90. The first-order valence-electron chi connectivity index (χ1n) is 5.04. The summed E-state index contributed by atoms with van der Waals surface area (Å²) in [4.78, 5) is 10.7. The van der Waals surface area contributed by atoms with E-state index < -0.39 is 26.9 Å². The minimum Gasteiger partial charge on any atom is -0.492 e. The molecule has 1 aromatic rings. The molecule has 10 heteroatoms. The molecule has 20 heavy (non-hydrogen) atoms. The molecule has 0 aliphatic carbocycles. The molecule has 5 nitrogen and oxygen atoms in total. The predicted molar refractivity (Wildman–Crippen MR) is 63.6 cm³/mol. The summed E-state index contributed by atoms with van der Waals surface area (Å²) < 4.78 is 67.4. The van der Waals surface area contributed by atoms with Crippen molar-refractivity contribution in [1.29, 1.82) is 0 Å². The lowest BCUT2D eigenvalue weighted by Gasteiger charge is -2.13.